The molecule has 1 aliphatic heterocycles. The lowest BCUT2D eigenvalue weighted by Crippen LogP contribution is -2.38. The molecule has 1 aromatic carbocycles. The summed E-state index contributed by atoms with van der Waals surface area (Å²) in [7, 11) is -7.57. The predicted molar refractivity (Wildman–Crippen MR) is 80.7 cm³/mol. The standard InChI is InChI=1S/C13H17NO5S2/c1-10(15)11-5-6-13-12(8-11)4-3-7-14(13)21(18,19)9-20(2,16)17/h5-6,8H,3-4,7,9H2,1-2H3. The molecule has 0 aliphatic carbocycles. The molecule has 1 aliphatic rings. The Bertz CT molecular complexity index is 781. The number of ketones is 1. The number of hydrogen-bond donors (Lipinski definition) is 0. The predicted octanol–water partition coefficient (Wildman–Crippen LogP) is 0.974. The molecular weight excluding hydrogens is 314 g/mol. The van der Waals surface area contributed by atoms with Crippen molar-refractivity contribution < 1.29 is 21.6 Å². The average molecular weight is 331 g/mol. The van der Waals surface area contributed by atoms with Gasteiger partial charge in [0.05, 0.1) is 5.69 Å². The molecule has 2 rings (SSSR count). The molecule has 0 atom stereocenters. The number of hydrogen-bond acceptors (Lipinski definition) is 5. The zero-order valence-corrected chi connectivity index (χ0v) is 13.5. The molecule has 0 amide bonds. The Kier molecular flexibility index (Phi) is 4.12. The number of fused-ring (bicyclic) bond motifs is 1. The highest BCUT2D eigenvalue weighted by Gasteiger charge is 2.30. The third-order valence-corrected chi connectivity index (χ3v) is 7.22. The van der Waals surface area contributed by atoms with Crippen LogP contribution in [0.5, 0.6) is 0 Å². The fourth-order valence-electron chi connectivity index (χ4n) is 2.40. The first kappa shape index (κ1) is 16.0. The number of sulfonamides is 1. The minimum Gasteiger partial charge on any atom is -0.295 e. The van der Waals surface area contributed by atoms with Crippen LogP contribution >= 0.6 is 0 Å². The maximum absolute atomic E-state index is 12.3. The number of carbonyl (C=O) groups excluding carboxylic acids is 1. The van der Waals surface area contributed by atoms with E-state index in [1.165, 1.54) is 6.92 Å². The van der Waals surface area contributed by atoms with Crippen molar-refractivity contribution in [2.45, 2.75) is 19.8 Å². The molecule has 21 heavy (non-hydrogen) atoms. The number of aryl methyl sites for hydroxylation is 1. The van der Waals surface area contributed by atoms with Crippen LogP contribution in [0.2, 0.25) is 0 Å². The Morgan fingerprint density at radius 1 is 1.24 bits per heavy atom. The molecule has 0 fully saturated rings. The van der Waals surface area contributed by atoms with Crippen molar-refractivity contribution in [1.29, 1.82) is 0 Å². The van der Waals surface area contributed by atoms with Crippen LogP contribution in [-0.4, -0.2) is 40.5 Å². The van der Waals surface area contributed by atoms with Crippen molar-refractivity contribution in [2.24, 2.45) is 0 Å². The van der Waals surface area contributed by atoms with Gasteiger partial charge in [0, 0.05) is 18.4 Å². The monoisotopic (exact) mass is 331 g/mol. The van der Waals surface area contributed by atoms with E-state index in [1.54, 1.807) is 18.2 Å². The fraction of sp³-hybridized carbons (Fsp3) is 0.462. The number of benzene rings is 1. The van der Waals surface area contributed by atoms with Crippen molar-refractivity contribution in [3.63, 3.8) is 0 Å². The summed E-state index contributed by atoms with van der Waals surface area (Å²) >= 11 is 0. The molecule has 0 saturated carbocycles. The van der Waals surface area contributed by atoms with E-state index in [-0.39, 0.29) is 12.3 Å². The van der Waals surface area contributed by atoms with Crippen LogP contribution in [-0.2, 0) is 26.3 Å². The highest BCUT2D eigenvalue weighted by Crippen LogP contribution is 2.30. The minimum atomic E-state index is -3.93. The van der Waals surface area contributed by atoms with Crippen LogP contribution in [0, 0.1) is 0 Å². The van der Waals surface area contributed by atoms with E-state index in [0.29, 0.717) is 24.1 Å². The third kappa shape index (κ3) is 3.62. The van der Waals surface area contributed by atoms with Crippen molar-refractivity contribution in [3.05, 3.63) is 29.3 Å². The molecule has 1 aromatic rings. The number of carbonyl (C=O) groups is 1. The number of nitrogens with zero attached hydrogens (tertiary/aromatic N) is 1. The quantitative estimate of drug-likeness (QED) is 0.767. The summed E-state index contributed by atoms with van der Waals surface area (Å²) in [5, 5.41) is -0.909. The van der Waals surface area contributed by atoms with Crippen LogP contribution in [0.4, 0.5) is 5.69 Å². The van der Waals surface area contributed by atoms with Crippen LogP contribution in [0.3, 0.4) is 0 Å². The van der Waals surface area contributed by atoms with Gasteiger partial charge in [-0.3, -0.25) is 9.10 Å². The highest BCUT2D eigenvalue weighted by molar-refractivity contribution is 8.08. The Balaban J connectivity index is 2.45. The van der Waals surface area contributed by atoms with E-state index in [4.69, 9.17) is 0 Å². The average Bonchev–Trinajstić information content (AvgIpc) is 2.34. The van der Waals surface area contributed by atoms with Gasteiger partial charge in [-0.15, -0.1) is 0 Å². The minimum absolute atomic E-state index is 0.0890. The summed E-state index contributed by atoms with van der Waals surface area (Å²) in [6.45, 7) is 1.70. The van der Waals surface area contributed by atoms with Gasteiger partial charge in [-0.2, -0.15) is 0 Å². The van der Waals surface area contributed by atoms with Crippen molar-refractivity contribution in [1.82, 2.24) is 0 Å². The topological polar surface area (TPSA) is 88.6 Å². The van der Waals surface area contributed by atoms with Crippen LogP contribution < -0.4 is 4.31 Å². The second kappa shape index (κ2) is 5.42. The maximum atomic E-state index is 12.3. The zero-order valence-electron chi connectivity index (χ0n) is 11.9. The van der Waals surface area contributed by atoms with Crippen LogP contribution in [0.15, 0.2) is 18.2 Å². The first-order chi connectivity index (χ1) is 9.60. The van der Waals surface area contributed by atoms with E-state index in [9.17, 15) is 21.6 Å². The van der Waals surface area contributed by atoms with Crippen LogP contribution in [0.25, 0.3) is 0 Å². The molecule has 0 saturated heterocycles. The second-order valence-electron chi connectivity index (χ2n) is 5.23. The molecule has 0 unspecified atom stereocenters. The third-order valence-electron chi connectivity index (χ3n) is 3.26. The van der Waals surface area contributed by atoms with E-state index < -0.39 is 24.9 Å². The van der Waals surface area contributed by atoms with Crippen molar-refractivity contribution in [3.8, 4) is 0 Å². The van der Waals surface area contributed by atoms with Gasteiger partial charge >= 0.3 is 0 Å². The summed E-state index contributed by atoms with van der Waals surface area (Å²) in [6, 6.07) is 4.82. The summed E-state index contributed by atoms with van der Waals surface area (Å²) in [5.41, 5.74) is 1.75. The Labute approximate surface area is 124 Å². The SMILES string of the molecule is CC(=O)c1ccc2c(c1)CCCN2S(=O)(=O)CS(C)(=O)=O. The summed E-state index contributed by atoms with van der Waals surface area (Å²) in [5.74, 6) is -0.0890. The van der Waals surface area contributed by atoms with Crippen molar-refractivity contribution >= 4 is 31.3 Å². The molecule has 0 radical (unpaired) electrons. The molecule has 0 N–H and O–H groups in total. The first-order valence-electron chi connectivity index (χ1n) is 6.42. The van der Waals surface area contributed by atoms with Gasteiger partial charge in [-0.1, -0.05) is 0 Å². The highest BCUT2D eigenvalue weighted by atomic mass is 32.3. The van der Waals surface area contributed by atoms with Crippen molar-refractivity contribution in [2.75, 3.05) is 22.2 Å². The van der Waals surface area contributed by atoms with Gasteiger partial charge in [-0.05, 0) is 43.5 Å². The van der Waals surface area contributed by atoms with Gasteiger partial charge in [0.25, 0.3) is 0 Å². The summed E-state index contributed by atoms with van der Waals surface area (Å²) < 4.78 is 48.2. The molecule has 1 heterocycles. The summed E-state index contributed by atoms with van der Waals surface area (Å²) in [4.78, 5) is 11.4. The number of sulfone groups is 1. The van der Waals surface area contributed by atoms with Crippen LogP contribution in [0.1, 0.15) is 29.3 Å². The molecular formula is C13H17NO5S2. The van der Waals surface area contributed by atoms with Gasteiger partial charge in [-0.25, -0.2) is 16.8 Å². The van der Waals surface area contributed by atoms with E-state index in [2.05, 4.69) is 0 Å². The lowest BCUT2D eigenvalue weighted by atomic mass is 9.99. The molecule has 116 valence electrons. The smallest absolute Gasteiger partial charge is 0.249 e. The number of rotatable bonds is 4. The zero-order chi connectivity index (χ0) is 15.8. The molecule has 0 bridgehead atoms. The number of anilines is 1. The molecule has 6 nitrogen and oxygen atoms in total. The van der Waals surface area contributed by atoms with E-state index in [1.807, 2.05) is 0 Å². The molecule has 0 spiro atoms. The van der Waals surface area contributed by atoms with E-state index in [0.717, 1.165) is 16.1 Å². The van der Waals surface area contributed by atoms with Gasteiger partial charge in [0.2, 0.25) is 10.0 Å². The Hall–Kier alpha value is -1.41. The molecule has 0 aromatic heterocycles. The van der Waals surface area contributed by atoms with Gasteiger partial charge in [0.15, 0.2) is 20.7 Å². The summed E-state index contributed by atoms with van der Waals surface area (Å²) in [6.07, 6.45) is 2.16. The fourth-order valence-corrected chi connectivity index (χ4v) is 5.96. The Morgan fingerprint density at radius 2 is 1.90 bits per heavy atom. The van der Waals surface area contributed by atoms with Gasteiger partial charge in [0.1, 0.15) is 0 Å². The Morgan fingerprint density at radius 3 is 2.48 bits per heavy atom. The lowest BCUT2D eigenvalue weighted by molar-refractivity contribution is 0.101. The van der Waals surface area contributed by atoms with E-state index >= 15 is 0 Å². The second-order valence-corrected chi connectivity index (χ2v) is 9.63. The first-order valence-corrected chi connectivity index (χ1v) is 10.1. The normalized spacial score (nSPS) is 15.6. The lowest BCUT2D eigenvalue weighted by Gasteiger charge is -2.30. The largest absolute Gasteiger partial charge is 0.295 e. The number of Topliss-reactive ketones (excluding diaryl/α,β-unsaturated/α-hetero) is 1. The maximum Gasteiger partial charge on any atom is 0.249 e. The molecule has 8 heteroatoms. The van der Waals surface area contributed by atoms with Gasteiger partial charge < -0.3 is 0 Å².